The van der Waals surface area contributed by atoms with Gasteiger partial charge >= 0.3 is 0 Å². The Morgan fingerprint density at radius 2 is 0.950 bits per heavy atom. The second-order valence-electron chi connectivity index (χ2n) is 10.7. The topological polar surface area (TPSA) is 63.2 Å². The fourth-order valence-corrected chi connectivity index (χ4v) is 6.28. The second kappa shape index (κ2) is 8.01. The molecule has 4 nitrogen and oxygen atoms in total. The summed E-state index contributed by atoms with van der Waals surface area (Å²) in [6.07, 6.45) is 8.72. The van der Waals surface area contributed by atoms with Crippen LogP contribution in [-0.4, -0.2) is 19.9 Å². The van der Waals surface area contributed by atoms with Crippen molar-refractivity contribution in [1.82, 2.24) is 19.9 Å². The minimum absolute atomic E-state index is 1.05. The SMILES string of the molecule is C1=c2ccc([nH]2)=Cc2ccc([nH]2)C=c2[nH]c(c3ccc4ccc5cc6ccccc6cc5c4c23)=Cc2ccc1[nH]2. The second-order valence-corrected chi connectivity index (χ2v) is 10.7. The molecule has 40 heavy (non-hydrogen) atoms. The third-order valence-corrected chi connectivity index (χ3v) is 8.11. The highest BCUT2D eigenvalue weighted by atomic mass is 14.8. The maximum absolute atomic E-state index is 3.79. The first-order valence-corrected chi connectivity index (χ1v) is 13.6. The van der Waals surface area contributed by atoms with E-state index in [1.165, 1.54) is 43.1 Å². The van der Waals surface area contributed by atoms with E-state index in [0.29, 0.717) is 0 Å². The lowest BCUT2D eigenvalue weighted by Crippen LogP contribution is -2.11. The average Bonchev–Trinajstić information content (AvgIpc) is 3.77. The van der Waals surface area contributed by atoms with Crippen LogP contribution >= 0.6 is 0 Å². The summed E-state index contributed by atoms with van der Waals surface area (Å²) in [5, 5.41) is 14.3. The summed E-state index contributed by atoms with van der Waals surface area (Å²) in [4.78, 5) is 14.4. The first kappa shape index (κ1) is 21.5. The highest BCUT2D eigenvalue weighted by Crippen LogP contribution is 2.32. The van der Waals surface area contributed by atoms with Crippen molar-refractivity contribution in [1.29, 1.82) is 0 Å². The van der Waals surface area contributed by atoms with Gasteiger partial charge in [-0.3, -0.25) is 0 Å². The third-order valence-electron chi connectivity index (χ3n) is 8.11. The molecule has 8 aromatic rings. The molecule has 1 aliphatic heterocycles. The van der Waals surface area contributed by atoms with E-state index < -0.39 is 0 Å². The Bertz CT molecular complexity index is 2550. The molecule has 0 saturated heterocycles. The van der Waals surface area contributed by atoms with E-state index in [0.717, 1.165) is 44.2 Å². The molecule has 5 heterocycles. The van der Waals surface area contributed by atoms with Crippen LogP contribution in [0.25, 0.3) is 67.4 Å². The molecule has 4 aromatic carbocycles. The Kier molecular flexibility index (Phi) is 4.30. The third kappa shape index (κ3) is 3.33. The summed E-state index contributed by atoms with van der Waals surface area (Å²) in [5.41, 5.74) is 4.21. The van der Waals surface area contributed by atoms with Crippen molar-refractivity contribution in [2.24, 2.45) is 0 Å². The summed E-state index contributed by atoms with van der Waals surface area (Å²) in [7, 11) is 0. The Balaban J connectivity index is 1.44. The lowest BCUT2D eigenvalue weighted by atomic mass is 9.95. The molecule has 4 N–H and O–H groups in total. The molecule has 4 heteroatoms. The summed E-state index contributed by atoms with van der Waals surface area (Å²) in [6, 6.07) is 35.0. The minimum Gasteiger partial charge on any atom is -0.355 e. The molecule has 0 spiro atoms. The van der Waals surface area contributed by atoms with E-state index in [1.807, 2.05) is 0 Å². The zero-order valence-electron chi connectivity index (χ0n) is 21.5. The van der Waals surface area contributed by atoms with Gasteiger partial charge in [0.25, 0.3) is 0 Å². The predicted molar refractivity (Wildman–Crippen MR) is 166 cm³/mol. The van der Waals surface area contributed by atoms with Gasteiger partial charge in [0.05, 0.1) is 0 Å². The van der Waals surface area contributed by atoms with E-state index in [1.54, 1.807) is 0 Å². The quantitative estimate of drug-likeness (QED) is 0.159. The first-order chi connectivity index (χ1) is 19.7. The standard InChI is InChI=1S/C36H24N4/c1-2-4-23-16-32-24(15-22(23)3-1)6-5-21-7-14-31-33-19-29-12-10-27(38-29)17-25-8-9-26(37-25)18-28-11-13-30(39-28)20-34(40-33)36(31)35(21)32/h1-20,37-40H. The molecule has 0 unspecified atom stereocenters. The molecule has 0 atom stereocenters. The van der Waals surface area contributed by atoms with Crippen LogP contribution in [0.4, 0.5) is 0 Å². The molecular formula is C36H24N4. The molecular weight excluding hydrogens is 488 g/mol. The molecule has 8 bridgehead atoms. The first-order valence-electron chi connectivity index (χ1n) is 13.6. The van der Waals surface area contributed by atoms with Gasteiger partial charge in [0.15, 0.2) is 0 Å². The van der Waals surface area contributed by atoms with Crippen LogP contribution in [0.5, 0.6) is 0 Å². The summed E-state index contributed by atoms with van der Waals surface area (Å²) in [5.74, 6) is 0. The Hall–Kier alpha value is -5.48. The van der Waals surface area contributed by atoms with Crippen LogP contribution in [-0.2, 0) is 0 Å². The molecule has 0 radical (unpaired) electrons. The largest absolute Gasteiger partial charge is 0.355 e. The van der Waals surface area contributed by atoms with Crippen molar-refractivity contribution in [3.8, 4) is 0 Å². The van der Waals surface area contributed by atoms with Gasteiger partial charge in [-0.25, -0.2) is 0 Å². The van der Waals surface area contributed by atoms with Crippen LogP contribution in [0.2, 0.25) is 0 Å². The lowest BCUT2D eigenvalue weighted by Gasteiger charge is -2.08. The number of hydrogen-bond donors (Lipinski definition) is 4. The molecule has 0 aliphatic carbocycles. The molecule has 1 aliphatic rings. The Labute approximate surface area is 228 Å². The average molecular weight is 513 g/mol. The fraction of sp³-hybridized carbons (Fsp3) is 0. The highest BCUT2D eigenvalue weighted by molar-refractivity contribution is 6.22. The smallest absolute Gasteiger partial charge is 0.0492 e. The van der Waals surface area contributed by atoms with Gasteiger partial charge in [-0.15, -0.1) is 0 Å². The number of rotatable bonds is 0. The van der Waals surface area contributed by atoms with E-state index in [-0.39, 0.29) is 0 Å². The van der Waals surface area contributed by atoms with Crippen LogP contribution in [0, 0.1) is 0 Å². The highest BCUT2D eigenvalue weighted by Gasteiger charge is 2.11. The lowest BCUT2D eigenvalue weighted by molar-refractivity contribution is 1.23. The van der Waals surface area contributed by atoms with Gasteiger partial charge in [0.2, 0.25) is 0 Å². The molecule has 0 saturated carbocycles. The van der Waals surface area contributed by atoms with E-state index in [9.17, 15) is 0 Å². The molecule has 4 aromatic heterocycles. The zero-order chi connectivity index (χ0) is 26.2. The maximum atomic E-state index is 3.79. The Morgan fingerprint density at radius 1 is 0.350 bits per heavy atom. The van der Waals surface area contributed by atoms with Crippen molar-refractivity contribution in [3.05, 3.63) is 141 Å². The zero-order valence-corrected chi connectivity index (χ0v) is 21.5. The van der Waals surface area contributed by atoms with Gasteiger partial charge in [-0.2, -0.15) is 0 Å². The van der Waals surface area contributed by atoms with E-state index >= 15 is 0 Å². The fourth-order valence-electron chi connectivity index (χ4n) is 6.28. The number of fused-ring (bicyclic) bond motifs is 16. The van der Waals surface area contributed by atoms with E-state index in [4.69, 9.17) is 0 Å². The monoisotopic (exact) mass is 512 g/mol. The Morgan fingerprint density at radius 3 is 1.68 bits per heavy atom. The predicted octanol–water partition coefficient (Wildman–Crippen LogP) is 5.24. The summed E-state index contributed by atoms with van der Waals surface area (Å²) < 4.78 is 0. The number of hydrogen-bond acceptors (Lipinski definition) is 0. The van der Waals surface area contributed by atoms with Crippen molar-refractivity contribution >= 4 is 67.4 Å². The number of H-pyrrole nitrogens is 4. The van der Waals surface area contributed by atoms with Crippen LogP contribution in [0.3, 0.4) is 0 Å². The van der Waals surface area contributed by atoms with Gasteiger partial charge in [0.1, 0.15) is 0 Å². The van der Waals surface area contributed by atoms with Crippen molar-refractivity contribution in [2.45, 2.75) is 0 Å². The maximum Gasteiger partial charge on any atom is 0.0492 e. The number of aromatic amines is 4. The number of benzene rings is 4. The minimum atomic E-state index is 1.05. The van der Waals surface area contributed by atoms with Crippen LogP contribution in [0.1, 0.15) is 22.8 Å². The number of nitrogens with one attached hydrogen (secondary N) is 4. The number of aromatic nitrogens is 4. The van der Waals surface area contributed by atoms with Crippen molar-refractivity contribution in [2.75, 3.05) is 0 Å². The van der Waals surface area contributed by atoms with Crippen LogP contribution in [0.15, 0.2) is 97.1 Å². The van der Waals surface area contributed by atoms with Crippen LogP contribution < -0.4 is 21.4 Å². The van der Waals surface area contributed by atoms with Gasteiger partial charge in [-0.05, 0) is 105 Å². The molecule has 9 rings (SSSR count). The van der Waals surface area contributed by atoms with Gasteiger partial charge < -0.3 is 19.9 Å². The molecule has 0 fully saturated rings. The van der Waals surface area contributed by atoms with Crippen molar-refractivity contribution < 1.29 is 0 Å². The molecule has 188 valence electrons. The van der Waals surface area contributed by atoms with Gasteiger partial charge in [0, 0.05) is 54.9 Å². The van der Waals surface area contributed by atoms with E-state index in [2.05, 4.69) is 141 Å². The summed E-state index contributed by atoms with van der Waals surface area (Å²) >= 11 is 0. The summed E-state index contributed by atoms with van der Waals surface area (Å²) in [6.45, 7) is 0. The normalized spacial score (nSPS) is 12.8. The van der Waals surface area contributed by atoms with Gasteiger partial charge in [-0.1, -0.05) is 48.5 Å². The van der Waals surface area contributed by atoms with Crippen molar-refractivity contribution in [3.63, 3.8) is 0 Å². The molecule has 0 amide bonds.